The SMILES string of the molecule is CC1COc2c(N3CCN(C)CC3)c(F)cc3c(=O)c(C(=O)NNC(=O)Cc4ccccc4)cn1c23. The maximum Gasteiger partial charge on any atom is 0.275 e. The van der Waals surface area contributed by atoms with Gasteiger partial charge in [0.15, 0.2) is 11.6 Å². The number of anilines is 1. The first-order valence-corrected chi connectivity index (χ1v) is 11.9. The van der Waals surface area contributed by atoms with Crippen LogP contribution in [0.1, 0.15) is 28.9 Å². The molecule has 3 heterocycles. The second kappa shape index (κ2) is 9.62. The van der Waals surface area contributed by atoms with Gasteiger partial charge in [-0.25, -0.2) is 4.39 Å². The Bertz CT molecular complexity index is 1380. The Morgan fingerprint density at radius 1 is 1.11 bits per heavy atom. The molecule has 1 fully saturated rings. The van der Waals surface area contributed by atoms with Crippen LogP contribution in [0.5, 0.6) is 5.75 Å². The fraction of sp³-hybridized carbons (Fsp3) is 0.346. The third-order valence-corrected chi connectivity index (χ3v) is 6.73. The molecule has 10 heteroatoms. The molecule has 188 valence electrons. The molecule has 0 spiro atoms. The molecule has 1 unspecified atom stereocenters. The predicted octanol–water partition coefficient (Wildman–Crippen LogP) is 1.85. The Hall–Kier alpha value is -3.92. The van der Waals surface area contributed by atoms with E-state index in [0.29, 0.717) is 30.0 Å². The molecule has 1 saturated heterocycles. The van der Waals surface area contributed by atoms with Gasteiger partial charge in [-0.15, -0.1) is 0 Å². The number of likely N-dealkylation sites (N-methyl/N-ethyl adjacent to an activating group) is 1. The van der Waals surface area contributed by atoms with Crippen molar-refractivity contribution in [1.29, 1.82) is 0 Å². The molecule has 9 nitrogen and oxygen atoms in total. The highest BCUT2D eigenvalue weighted by atomic mass is 19.1. The number of rotatable bonds is 4. The number of pyridine rings is 1. The Kier molecular flexibility index (Phi) is 6.36. The van der Waals surface area contributed by atoms with E-state index < -0.39 is 23.1 Å². The minimum absolute atomic E-state index is 0.0650. The summed E-state index contributed by atoms with van der Waals surface area (Å²) in [6.07, 6.45) is 1.53. The summed E-state index contributed by atoms with van der Waals surface area (Å²) < 4.78 is 23.2. The summed E-state index contributed by atoms with van der Waals surface area (Å²) in [4.78, 5) is 42.6. The highest BCUT2D eigenvalue weighted by molar-refractivity contribution is 6.00. The Morgan fingerprint density at radius 2 is 1.83 bits per heavy atom. The van der Waals surface area contributed by atoms with Crippen LogP contribution in [0, 0.1) is 5.82 Å². The second-order valence-electron chi connectivity index (χ2n) is 9.33. The van der Waals surface area contributed by atoms with E-state index in [4.69, 9.17) is 4.74 Å². The number of halogens is 1. The van der Waals surface area contributed by atoms with Crippen molar-refractivity contribution in [2.75, 3.05) is 44.7 Å². The predicted molar refractivity (Wildman–Crippen MR) is 134 cm³/mol. The Labute approximate surface area is 207 Å². The molecule has 2 aromatic carbocycles. The quantitative estimate of drug-likeness (QED) is 0.539. The molecular formula is C26H28FN5O4. The van der Waals surface area contributed by atoms with Crippen molar-refractivity contribution in [2.45, 2.75) is 19.4 Å². The second-order valence-corrected chi connectivity index (χ2v) is 9.33. The van der Waals surface area contributed by atoms with Gasteiger partial charge in [0, 0.05) is 32.4 Å². The Balaban J connectivity index is 1.47. The van der Waals surface area contributed by atoms with Gasteiger partial charge < -0.3 is 19.1 Å². The summed E-state index contributed by atoms with van der Waals surface area (Å²) >= 11 is 0. The van der Waals surface area contributed by atoms with Crippen molar-refractivity contribution in [3.8, 4) is 5.75 Å². The van der Waals surface area contributed by atoms with Gasteiger partial charge in [0.25, 0.3) is 5.91 Å². The molecule has 2 N–H and O–H groups in total. The van der Waals surface area contributed by atoms with E-state index in [9.17, 15) is 14.4 Å². The summed E-state index contributed by atoms with van der Waals surface area (Å²) in [5.41, 5.74) is 5.46. The fourth-order valence-electron chi connectivity index (χ4n) is 4.72. The number of carbonyl (C=O) groups excluding carboxylic acids is 2. The molecule has 36 heavy (non-hydrogen) atoms. The van der Waals surface area contributed by atoms with Gasteiger partial charge in [0.05, 0.1) is 23.4 Å². The molecule has 0 bridgehead atoms. The van der Waals surface area contributed by atoms with Crippen molar-refractivity contribution < 1.29 is 18.7 Å². The van der Waals surface area contributed by atoms with Gasteiger partial charge in [-0.2, -0.15) is 0 Å². The van der Waals surface area contributed by atoms with E-state index in [0.717, 1.165) is 18.7 Å². The summed E-state index contributed by atoms with van der Waals surface area (Å²) in [5.74, 6) is -1.43. The summed E-state index contributed by atoms with van der Waals surface area (Å²) in [5, 5.41) is 0.0650. The largest absolute Gasteiger partial charge is 0.487 e. The lowest BCUT2D eigenvalue weighted by atomic mass is 10.0. The maximum absolute atomic E-state index is 15.4. The van der Waals surface area contributed by atoms with Crippen molar-refractivity contribution in [2.24, 2.45) is 0 Å². The number of nitrogens with one attached hydrogen (secondary N) is 2. The van der Waals surface area contributed by atoms with Crippen LogP contribution in [0.15, 0.2) is 47.4 Å². The van der Waals surface area contributed by atoms with Crippen molar-refractivity contribution in [3.63, 3.8) is 0 Å². The summed E-state index contributed by atoms with van der Waals surface area (Å²) in [6.45, 7) is 5.01. The molecule has 3 aromatic rings. The van der Waals surface area contributed by atoms with Gasteiger partial charge >= 0.3 is 0 Å². The van der Waals surface area contributed by atoms with Crippen LogP contribution in [0.25, 0.3) is 10.9 Å². The molecular weight excluding hydrogens is 465 g/mol. The normalized spacial score (nSPS) is 17.5. The maximum atomic E-state index is 15.4. The average molecular weight is 494 g/mol. The highest BCUT2D eigenvalue weighted by Crippen LogP contribution is 2.42. The van der Waals surface area contributed by atoms with Crippen LogP contribution in [-0.2, 0) is 11.2 Å². The molecule has 2 amide bonds. The van der Waals surface area contributed by atoms with Crippen LogP contribution in [0.4, 0.5) is 10.1 Å². The number of hydrazine groups is 1. The minimum atomic E-state index is -0.768. The van der Waals surface area contributed by atoms with Crippen LogP contribution in [0.3, 0.4) is 0 Å². The van der Waals surface area contributed by atoms with E-state index in [1.165, 1.54) is 12.3 Å². The zero-order valence-corrected chi connectivity index (χ0v) is 20.2. The Morgan fingerprint density at radius 3 is 2.56 bits per heavy atom. The highest BCUT2D eigenvalue weighted by Gasteiger charge is 2.31. The third-order valence-electron chi connectivity index (χ3n) is 6.73. The number of nitrogens with zero attached hydrogens (tertiary/aromatic N) is 3. The van der Waals surface area contributed by atoms with Crippen molar-refractivity contribution >= 4 is 28.4 Å². The number of amides is 2. The van der Waals surface area contributed by atoms with Crippen molar-refractivity contribution in [1.82, 2.24) is 20.3 Å². The molecule has 2 aliphatic heterocycles. The van der Waals surface area contributed by atoms with E-state index in [1.807, 2.05) is 37.1 Å². The lowest BCUT2D eigenvalue weighted by Crippen LogP contribution is -2.45. The number of ether oxygens (including phenoxy) is 1. The lowest BCUT2D eigenvalue weighted by Gasteiger charge is -2.37. The van der Waals surface area contributed by atoms with Gasteiger partial charge in [0.2, 0.25) is 11.3 Å². The number of aromatic nitrogens is 1. The van der Waals surface area contributed by atoms with E-state index in [2.05, 4.69) is 15.8 Å². The fourth-order valence-corrected chi connectivity index (χ4v) is 4.72. The van der Waals surface area contributed by atoms with Crippen LogP contribution in [0.2, 0.25) is 0 Å². The lowest BCUT2D eigenvalue weighted by molar-refractivity contribution is -0.121. The average Bonchev–Trinajstić information content (AvgIpc) is 2.87. The number of hydrogen-bond donors (Lipinski definition) is 2. The van der Waals surface area contributed by atoms with Crippen molar-refractivity contribution in [3.05, 3.63) is 69.8 Å². The molecule has 2 aliphatic rings. The smallest absolute Gasteiger partial charge is 0.275 e. The number of carbonyl (C=O) groups is 2. The van der Waals surface area contributed by atoms with Gasteiger partial charge in [-0.05, 0) is 25.6 Å². The first-order valence-electron chi connectivity index (χ1n) is 11.9. The van der Waals surface area contributed by atoms with Gasteiger partial charge in [-0.3, -0.25) is 25.2 Å². The molecule has 0 saturated carbocycles. The molecule has 1 atom stereocenters. The van der Waals surface area contributed by atoms with E-state index in [1.54, 1.807) is 16.7 Å². The minimum Gasteiger partial charge on any atom is -0.487 e. The van der Waals surface area contributed by atoms with Crippen LogP contribution < -0.4 is 25.9 Å². The van der Waals surface area contributed by atoms with Gasteiger partial charge in [-0.1, -0.05) is 30.3 Å². The molecule has 5 rings (SSSR count). The zero-order chi connectivity index (χ0) is 25.4. The molecule has 0 radical (unpaired) electrons. The molecule has 1 aromatic heterocycles. The summed E-state index contributed by atoms with van der Waals surface area (Å²) in [7, 11) is 2.02. The first kappa shape index (κ1) is 23.8. The van der Waals surface area contributed by atoms with Crippen LogP contribution >= 0.6 is 0 Å². The third kappa shape index (κ3) is 4.39. The first-order chi connectivity index (χ1) is 17.3. The topological polar surface area (TPSA) is 95.9 Å². The van der Waals surface area contributed by atoms with E-state index >= 15 is 4.39 Å². The van der Waals surface area contributed by atoms with Crippen LogP contribution in [-0.4, -0.2) is 61.1 Å². The number of benzene rings is 2. The monoisotopic (exact) mass is 493 g/mol. The number of piperazine rings is 1. The summed E-state index contributed by atoms with van der Waals surface area (Å²) in [6, 6.07) is 10.1. The number of hydrogen-bond acceptors (Lipinski definition) is 6. The zero-order valence-electron chi connectivity index (χ0n) is 20.2. The standard InChI is InChI=1S/C26H28FN5O4/c1-16-15-36-25-22-18(13-20(27)23(25)31-10-8-30(2)9-11-31)24(34)19(14-32(16)22)26(35)29-28-21(33)12-17-6-4-3-5-7-17/h3-7,13-14,16H,8-12,15H2,1-2H3,(H,28,33)(H,29,35). The van der Waals surface area contributed by atoms with Gasteiger partial charge in [0.1, 0.15) is 17.9 Å². The molecule has 0 aliphatic carbocycles. The van der Waals surface area contributed by atoms with E-state index in [-0.39, 0.29) is 30.0 Å².